The first-order chi connectivity index (χ1) is 16.6. The number of carbonyl (C=O) groups is 2. The van der Waals surface area contributed by atoms with Crippen molar-refractivity contribution in [1.82, 2.24) is 14.8 Å². The predicted molar refractivity (Wildman–Crippen MR) is 130 cm³/mol. The fourth-order valence-electron chi connectivity index (χ4n) is 3.48. The highest BCUT2D eigenvalue weighted by Gasteiger charge is 2.16. The molecule has 0 saturated carbocycles. The molecule has 9 nitrogen and oxygen atoms in total. The van der Waals surface area contributed by atoms with Gasteiger partial charge in [0.05, 0.1) is 17.5 Å². The first-order valence-corrected chi connectivity index (χ1v) is 12.1. The Labute approximate surface area is 202 Å². The molecule has 1 unspecified atom stereocenters. The Morgan fingerprint density at radius 3 is 2.85 bits per heavy atom. The molecule has 178 valence electrons. The molecule has 2 heterocycles. The highest BCUT2D eigenvalue weighted by atomic mass is 32.2. The van der Waals surface area contributed by atoms with Gasteiger partial charge in [-0.1, -0.05) is 30.0 Å². The fourth-order valence-corrected chi connectivity index (χ4v) is 4.17. The van der Waals surface area contributed by atoms with Gasteiger partial charge in [-0.15, -0.1) is 10.2 Å². The van der Waals surface area contributed by atoms with Gasteiger partial charge in [0.2, 0.25) is 5.91 Å². The van der Waals surface area contributed by atoms with Crippen molar-refractivity contribution in [3.8, 4) is 5.75 Å². The molecule has 1 atom stereocenters. The molecule has 0 spiro atoms. The summed E-state index contributed by atoms with van der Waals surface area (Å²) in [5.74, 6) is 0.275. The lowest BCUT2D eigenvalue weighted by Gasteiger charge is -2.23. The van der Waals surface area contributed by atoms with E-state index in [9.17, 15) is 9.59 Å². The normalized spacial score (nSPS) is 15.5. The average Bonchev–Trinajstić information content (AvgIpc) is 3.27. The summed E-state index contributed by atoms with van der Waals surface area (Å²) >= 11 is 1.28. The van der Waals surface area contributed by atoms with E-state index < -0.39 is 0 Å². The lowest BCUT2D eigenvalue weighted by atomic mass is 10.1. The van der Waals surface area contributed by atoms with Crippen LogP contribution in [0, 0.1) is 0 Å². The maximum atomic E-state index is 12.9. The van der Waals surface area contributed by atoms with Crippen LogP contribution in [0.2, 0.25) is 0 Å². The number of anilines is 2. The molecule has 34 heavy (non-hydrogen) atoms. The van der Waals surface area contributed by atoms with Gasteiger partial charge in [-0.25, -0.2) is 0 Å². The molecule has 0 radical (unpaired) electrons. The van der Waals surface area contributed by atoms with E-state index in [-0.39, 0.29) is 23.7 Å². The fraction of sp³-hybridized carbons (Fsp3) is 0.333. The third-order valence-corrected chi connectivity index (χ3v) is 6.28. The van der Waals surface area contributed by atoms with Crippen LogP contribution in [0.25, 0.3) is 0 Å². The van der Waals surface area contributed by atoms with Gasteiger partial charge in [-0.3, -0.25) is 9.59 Å². The van der Waals surface area contributed by atoms with Crippen molar-refractivity contribution in [3.63, 3.8) is 0 Å². The van der Waals surface area contributed by atoms with E-state index in [0.717, 1.165) is 25.9 Å². The van der Waals surface area contributed by atoms with Gasteiger partial charge in [0.25, 0.3) is 5.91 Å². The van der Waals surface area contributed by atoms with Gasteiger partial charge in [-0.05, 0) is 49.6 Å². The van der Waals surface area contributed by atoms with Gasteiger partial charge in [0, 0.05) is 24.9 Å². The Morgan fingerprint density at radius 1 is 1.18 bits per heavy atom. The average molecular weight is 482 g/mol. The lowest BCUT2D eigenvalue weighted by molar-refractivity contribution is -0.113. The smallest absolute Gasteiger partial charge is 0.255 e. The number of para-hydroxylation sites is 2. The monoisotopic (exact) mass is 481 g/mol. The van der Waals surface area contributed by atoms with Crippen molar-refractivity contribution < 1.29 is 19.1 Å². The maximum absolute atomic E-state index is 12.9. The molecule has 10 heteroatoms. The van der Waals surface area contributed by atoms with Crippen molar-refractivity contribution in [1.29, 1.82) is 0 Å². The van der Waals surface area contributed by atoms with Gasteiger partial charge in [0.15, 0.2) is 5.16 Å². The molecular weight excluding hydrogens is 454 g/mol. The number of ether oxygens (including phenoxy) is 2. The number of hydrogen-bond donors (Lipinski definition) is 2. The van der Waals surface area contributed by atoms with Gasteiger partial charge < -0.3 is 24.7 Å². The Balaban J connectivity index is 1.34. The summed E-state index contributed by atoms with van der Waals surface area (Å²) in [7, 11) is 1.81. The summed E-state index contributed by atoms with van der Waals surface area (Å²) in [5, 5.41) is 14.1. The molecule has 1 fully saturated rings. The predicted octanol–water partition coefficient (Wildman–Crippen LogP) is 3.75. The van der Waals surface area contributed by atoms with Crippen LogP contribution in [-0.4, -0.2) is 51.6 Å². The molecule has 2 N–H and O–H groups in total. The summed E-state index contributed by atoms with van der Waals surface area (Å²) < 4.78 is 13.4. The summed E-state index contributed by atoms with van der Waals surface area (Å²) in [6.45, 7) is 1.21. The minimum atomic E-state index is -0.297. The number of nitrogens with one attached hydrogen (secondary N) is 2. The van der Waals surface area contributed by atoms with E-state index in [1.165, 1.54) is 11.8 Å². The van der Waals surface area contributed by atoms with E-state index in [2.05, 4.69) is 20.8 Å². The summed E-state index contributed by atoms with van der Waals surface area (Å²) in [5.41, 5.74) is 1.54. The first kappa shape index (κ1) is 23.8. The van der Waals surface area contributed by atoms with E-state index in [1.54, 1.807) is 41.2 Å². The van der Waals surface area contributed by atoms with Crippen LogP contribution in [0.4, 0.5) is 11.4 Å². The summed E-state index contributed by atoms with van der Waals surface area (Å²) in [6, 6.07) is 14.1. The number of nitrogens with zero attached hydrogens (tertiary/aromatic N) is 3. The zero-order chi connectivity index (χ0) is 23.8. The Morgan fingerprint density at radius 2 is 2.06 bits per heavy atom. The second-order valence-electron chi connectivity index (χ2n) is 7.89. The molecule has 3 aromatic rings. The molecule has 2 amide bonds. The van der Waals surface area contributed by atoms with Crippen LogP contribution in [0.1, 0.15) is 29.6 Å². The maximum Gasteiger partial charge on any atom is 0.255 e. The molecule has 0 bridgehead atoms. The molecule has 1 aliphatic heterocycles. The SMILES string of the molecule is Cn1cnnc1SCC(=O)Nc1cccc(C(=O)Nc2ccccc2OCC2CCCCO2)c1. The first-order valence-electron chi connectivity index (χ1n) is 11.1. The quantitative estimate of drug-likeness (QED) is 0.448. The molecule has 4 rings (SSSR count). The molecule has 1 saturated heterocycles. The second-order valence-corrected chi connectivity index (χ2v) is 8.83. The number of aryl methyl sites for hydroxylation is 1. The largest absolute Gasteiger partial charge is 0.489 e. The number of carbonyl (C=O) groups excluding carboxylic acids is 2. The Hall–Kier alpha value is -3.37. The number of amides is 2. The number of aromatic nitrogens is 3. The molecule has 2 aromatic carbocycles. The second kappa shape index (κ2) is 11.7. The van der Waals surface area contributed by atoms with E-state index in [4.69, 9.17) is 9.47 Å². The lowest BCUT2D eigenvalue weighted by Crippen LogP contribution is -2.26. The molecular formula is C24H27N5O4S. The molecule has 0 aliphatic carbocycles. The van der Waals surface area contributed by atoms with Crippen molar-refractivity contribution in [2.75, 3.05) is 29.6 Å². The van der Waals surface area contributed by atoms with Crippen molar-refractivity contribution in [2.45, 2.75) is 30.5 Å². The number of benzene rings is 2. The third-order valence-electron chi connectivity index (χ3n) is 5.24. The van der Waals surface area contributed by atoms with E-state index >= 15 is 0 Å². The molecule has 1 aliphatic rings. The topological polar surface area (TPSA) is 107 Å². The van der Waals surface area contributed by atoms with Gasteiger partial charge >= 0.3 is 0 Å². The minimum Gasteiger partial charge on any atom is -0.489 e. The highest BCUT2D eigenvalue weighted by Crippen LogP contribution is 2.26. The minimum absolute atomic E-state index is 0.0737. The van der Waals surface area contributed by atoms with Crippen molar-refractivity contribution in [2.24, 2.45) is 7.05 Å². The Bertz CT molecular complexity index is 1130. The highest BCUT2D eigenvalue weighted by molar-refractivity contribution is 7.99. The van der Waals surface area contributed by atoms with Gasteiger partial charge in [-0.2, -0.15) is 0 Å². The van der Waals surface area contributed by atoms with Crippen LogP contribution in [0.5, 0.6) is 5.75 Å². The van der Waals surface area contributed by atoms with Crippen molar-refractivity contribution >= 4 is 35.0 Å². The summed E-state index contributed by atoms with van der Waals surface area (Å²) in [4.78, 5) is 25.2. The number of thioether (sulfide) groups is 1. The zero-order valence-electron chi connectivity index (χ0n) is 18.9. The Kier molecular flexibility index (Phi) is 8.16. The van der Waals surface area contributed by atoms with Crippen LogP contribution in [0.15, 0.2) is 60.0 Å². The molecule has 1 aromatic heterocycles. The van der Waals surface area contributed by atoms with Crippen LogP contribution >= 0.6 is 11.8 Å². The van der Waals surface area contributed by atoms with Crippen LogP contribution < -0.4 is 15.4 Å². The standard InChI is InChI=1S/C24H27N5O4S/c1-29-16-25-28-24(29)34-15-22(30)26-18-8-6-7-17(13-18)23(31)27-20-10-2-3-11-21(20)33-14-19-9-4-5-12-32-19/h2-3,6-8,10-11,13,16,19H,4-5,9,12,14-15H2,1H3,(H,26,30)(H,27,31). The van der Waals surface area contributed by atoms with E-state index in [0.29, 0.717) is 34.5 Å². The zero-order valence-corrected chi connectivity index (χ0v) is 19.7. The van der Waals surface area contributed by atoms with Crippen LogP contribution in [0.3, 0.4) is 0 Å². The van der Waals surface area contributed by atoms with Crippen molar-refractivity contribution in [3.05, 3.63) is 60.4 Å². The van der Waals surface area contributed by atoms with Crippen LogP contribution in [-0.2, 0) is 16.6 Å². The van der Waals surface area contributed by atoms with E-state index in [1.807, 2.05) is 25.2 Å². The number of rotatable bonds is 9. The summed E-state index contributed by atoms with van der Waals surface area (Å²) in [6.07, 6.45) is 4.85. The third kappa shape index (κ3) is 6.58. The number of hydrogen-bond acceptors (Lipinski definition) is 7. The van der Waals surface area contributed by atoms with Gasteiger partial charge in [0.1, 0.15) is 18.7 Å².